The van der Waals surface area contributed by atoms with Crippen LogP contribution in [0.25, 0.3) is 16.3 Å². The van der Waals surface area contributed by atoms with Crippen molar-refractivity contribution in [3.63, 3.8) is 0 Å². The van der Waals surface area contributed by atoms with Crippen LogP contribution in [0, 0.1) is 0 Å². The van der Waals surface area contributed by atoms with E-state index in [1.807, 2.05) is 43.5 Å². The van der Waals surface area contributed by atoms with Gasteiger partial charge in [-0.25, -0.2) is 14.5 Å². The highest BCUT2D eigenvalue weighted by Crippen LogP contribution is 2.26. The molecule has 8 nitrogen and oxygen atoms in total. The molecule has 0 radical (unpaired) electrons. The predicted molar refractivity (Wildman–Crippen MR) is 114 cm³/mol. The second-order valence-corrected chi connectivity index (χ2v) is 8.07. The van der Waals surface area contributed by atoms with Crippen LogP contribution in [0.15, 0.2) is 48.1 Å². The zero-order valence-corrected chi connectivity index (χ0v) is 17.5. The molecule has 2 aromatic heterocycles. The van der Waals surface area contributed by atoms with Gasteiger partial charge in [0.05, 0.1) is 17.9 Å². The normalized spacial score (nSPS) is 16.0. The van der Waals surface area contributed by atoms with Gasteiger partial charge in [-0.1, -0.05) is 25.1 Å². The van der Waals surface area contributed by atoms with Gasteiger partial charge in [0.15, 0.2) is 0 Å². The Kier molecular flexibility index (Phi) is 5.80. The van der Waals surface area contributed by atoms with E-state index in [1.54, 1.807) is 21.2 Å². The van der Waals surface area contributed by atoms with Crippen molar-refractivity contribution in [2.24, 2.45) is 0 Å². The molecule has 4 rings (SSSR count). The van der Waals surface area contributed by atoms with Crippen LogP contribution in [0.2, 0.25) is 0 Å². The zero-order chi connectivity index (χ0) is 21.1. The fourth-order valence-corrected chi connectivity index (χ4v) is 4.44. The summed E-state index contributed by atoms with van der Waals surface area (Å²) in [6.07, 6.45) is 4.15. The van der Waals surface area contributed by atoms with Gasteiger partial charge in [0.25, 0.3) is 5.91 Å². The van der Waals surface area contributed by atoms with Crippen LogP contribution in [0.1, 0.15) is 30.3 Å². The second kappa shape index (κ2) is 8.66. The van der Waals surface area contributed by atoms with E-state index in [-0.39, 0.29) is 11.9 Å². The van der Waals surface area contributed by atoms with Crippen LogP contribution in [0.5, 0.6) is 0 Å². The summed E-state index contributed by atoms with van der Waals surface area (Å²) in [5, 5.41) is 16.1. The number of nitrogens with zero attached hydrogens (tertiary/aromatic N) is 5. The summed E-state index contributed by atoms with van der Waals surface area (Å²) in [6.45, 7) is 3.39. The second-order valence-electron chi connectivity index (χ2n) is 7.22. The molecule has 1 N–H and O–H groups in total. The van der Waals surface area contributed by atoms with Gasteiger partial charge in [-0.3, -0.25) is 4.79 Å². The largest absolute Gasteiger partial charge is 0.465 e. The average molecular weight is 426 g/mol. The van der Waals surface area contributed by atoms with Crippen molar-refractivity contribution >= 4 is 23.3 Å². The molecule has 1 fully saturated rings. The van der Waals surface area contributed by atoms with Gasteiger partial charge in [0.2, 0.25) is 0 Å². The van der Waals surface area contributed by atoms with E-state index < -0.39 is 6.09 Å². The number of carbonyl (C=O) groups excluding carboxylic acids is 1. The average Bonchev–Trinajstić information content (AvgIpc) is 3.52. The van der Waals surface area contributed by atoms with Gasteiger partial charge in [0.1, 0.15) is 10.7 Å². The van der Waals surface area contributed by atoms with Gasteiger partial charge < -0.3 is 14.9 Å². The fourth-order valence-electron chi connectivity index (χ4n) is 3.67. The fraction of sp³-hybridized carbons (Fsp3) is 0.333. The molecule has 1 aliphatic heterocycles. The molecule has 1 saturated heterocycles. The smallest absolute Gasteiger partial charge is 0.407 e. The van der Waals surface area contributed by atoms with E-state index in [0.29, 0.717) is 31.7 Å². The minimum atomic E-state index is -0.937. The molecule has 2 amide bonds. The minimum absolute atomic E-state index is 0.112. The third-order valence-electron chi connectivity index (χ3n) is 5.17. The van der Waals surface area contributed by atoms with Gasteiger partial charge in [-0.05, 0) is 25.0 Å². The van der Waals surface area contributed by atoms with E-state index >= 15 is 0 Å². The number of amides is 2. The number of rotatable bonds is 6. The summed E-state index contributed by atoms with van der Waals surface area (Å²) in [5.41, 5.74) is 2.20. The highest BCUT2D eigenvalue weighted by atomic mass is 32.1. The molecule has 30 heavy (non-hydrogen) atoms. The SMILES string of the molecule is CCCN(C(=O)c1csc(-c2cnn(-c3ccccc3)c2)n1)[C@@H]1CCN(C(=O)O)C1. The van der Waals surface area contributed by atoms with Crippen LogP contribution in [0.3, 0.4) is 0 Å². The standard InChI is InChI=1S/C21H23N5O3S/c1-2-9-25(17-8-10-24(13-17)21(28)29)20(27)18-14-30-19(23-18)15-11-22-26(12-15)16-6-4-3-5-7-16/h3-7,11-12,14,17H,2,8-10,13H2,1H3,(H,28,29)/t17-/m1/s1. The van der Waals surface area contributed by atoms with Gasteiger partial charge in [0, 0.05) is 36.8 Å². The highest BCUT2D eigenvalue weighted by molar-refractivity contribution is 7.13. The lowest BCUT2D eigenvalue weighted by Gasteiger charge is -2.28. The molecule has 0 aliphatic carbocycles. The van der Waals surface area contributed by atoms with Crippen molar-refractivity contribution in [2.45, 2.75) is 25.8 Å². The summed E-state index contributed by atoms with van der Waals surface area (Å²) in [7, 11) is 0. The topological polar surface area (TPSA) is 91.6 Å². The van der Waals surface area contributed by atoms with Gasteiger partial charge in [-0.15, -0.1) is 11.3 Å². The Morgan fingerprint density at radius 1 is 1.30 bits per heavy atom. The molecule has 1 aliphatic rings. The number of carboxylic acid groups (broad SMARTS) is 1. The van der Waals surface area contributed by atoms with Crippen LogP contribution in [-0.2, 0) is 0 Å². The van der Waals surface area contributed by atoms with Crippen LogP contribution < -0.4 is 0 Å². The first kappa shape index (κ1) is 20.1. The number of hydrogen-bond donors (Lipinski definition) is 1. The third kappa shape index (κ3) is 4.06. The Bertz CT molecular complexity index is 1030. The number of para-hydroxylation sites is 1. The number of thiazole rings is 1. The third-order valence-corrected chi connectivity index (χ3v) is 6.06. The first-order chi connectivity index (χ1) is 14.6. The molecule has 3 heterocycles. The molecule has 3 aromatic rings. The first-order valence-electron chi connectivity index (χ1n) is 9.91. The number of carbonyl (C=O) groups is 2. The van der Waals surface area contributed by atoms with Gasteiger partial charge >= 0.3 is 6.09 Å². The monoisotopic (exact) mass is 425 g/mol. The minimum Gasteiger partial charge on any atom is -0.465 e. The van der Waals surface area contributed by atoms with Gasteiger partial charge in [-0.2, -0.15) is 5.10 Å². The molecule has 156 valence electrons. The summed E-state index contributed by atoms with van der Waals surface area (Å²) in [6, 6.07) is 9.69. The predicted octanol–water partition coefficient (Wildman–Crippen LogP) is 3.60. The Labute approximate surface area is 178 Å². The van der Waals surface area contributed by atoms with E-state index in [2.05, 4.69) is 10.1 Å². The summed E-state index contributed by atoms with van der Waals surface area (Å²) < 4.78 is 1.78. The van der Waals surface area contributed by atoms with E-state index in [4.69, 9.17) is 0 Å². The summed E-state index contributed by atoms with van der Waals surface area (Å²) in [5.74, 6) is -0.146. The number of likely N-dealkylation sites (tertiary alicyclic amines) is 1. The van der Waals surface area contributed by atoms with Crippen molar-refractivity contribution < 1.29 is 14.7 Å². The Balaban J connectivity index is 1.52. The first-order valence-corrected chi connectivity index (χ1v) is 10.8. The Morgan fingerprint density at radius 2 is 2.10 bits per heavy atom. The molecule has 0 spiro atoms. The van der Waals surface area contributed by atoms with Crippen LogP contribution in [-0.4, -0.2) is 67.3 Å². The van der Waals surface area contributed by atoms with E-state index in [1.165, 1.54) is 16.2 Å². The molecule has 0 unspecified atom stereocenters. The quantitative estimate of drug-likeness (QED) is 0.652. The van der Waals surface area contributed by atoms with Crippen molar-refractivity contribution in [1.29, 1.82) is 0 Å². The molecular weight excluding hydrogens is 402 g/mol. The Morgan fingerprint density at radius 3 is 2.80 bits per heavy atom. The highest BCUT2D eigenvalue weighted by Gasteiger charge is 2.33. The van der Waals surface area contributed by atoms with Crippen LogP contribution >= 0.6 is 11.3 Å². The lowest BCUT2D eigenvalue weighted by Crippen LogP contribution is -2.43. The molecule has 0 bridgehead atoms. The maximum atomic E-state index is 13.2. The van der Waals surface area contributed by atoms with Crippen molar-refractivity contribution in [2.75, 3.05) is 19.6 Å². The maximum Gasteiger partial charge on any atom is 0.407 e. The lowest BCUT2D eigenvalue weighted by atomic mass is 10.2. The maximum absolute atomic E-state index is 13.2. The molecule has 9 heteroatoms. The lowest BCUT2D eigenvalue weighted by molar-refractivity contribution is 0.0674. The summed E-state index contributed by atoms with van der Waals surface area (Å²) >= 11 is 1.41. The number of aromatic nitrogens is 3. The zero-order valence-electron chi connectivity index (χ0n) is 16.6. The van der Waals surface area contributed by atoms with Crippen molar-refractivity contribution in [3.05, 3.63) is 53.8 Å². The number of benzene rings is 1. The van der Waals surface area contributed by atoms with Crippen molar-refractivity contribution in [3.8, 4) is 16.3 Å². The molecule has 1 aromatic carbocycles. The van der Waals surface area contributed by atoms with E-state index in [0.717, 1.165) is 22.7 Å². The van der Waals surface area contributed by atoms with Crippen molar-refractivity contribution in [1.82, 2.24) is 24.6 Å². The summed E-state index contributed by atoms with van der Waals surface area (Å²) in [4.78, 5) is 32.1. The molecule has 1 atom stereocenters. The number of hydrogen-bond acceptors (Lipinski definition) is 5. The molecule has 0 saturated carbocycles. The van der Waals surface area contributed by atoms with Crippen LogP contribution in [0.4, 0.5) is 4.79 Å². The van der Waals surface area contributed by atoms with E-state index in [9.17, 15) is 14.7 Å². The molecular formula is C21H23N5O3S. The Hall–Kier alpha value is -3.20.